The average molecular weight is 358 g/mol. The first-order valence-electron chi connectivity index (χ1n) is 8.09. The van der Waals surface area contributed by atoms with Gasteiger partial charge in [0.2, 0.25) is 10.0 Å². The van der Waals surface area contributed by atoms with E-state index in [9.17, 15) is 12.8 Å². The highest BCUT2D eigenvalue weighted by molar-refractivity contribution is 7.89. The number of benzene rings is 1. The van der Waals surface area contributed by atoms with E-state index in [4.69, 9.17) is 0 Å². The number of aliphatic imine (C=N–C) groups is 1. The van der Waals surface area contributed by atoms with Crippen molar-refractivity contribution >= 4 is 16.0 Å². The summed E-state index contributed by atoms with van der Waals surface area (Å²) in [6.07, 6.45) is 0.677. The molecule has 1 rings (SSSR count). The van der Waals surface area contributed by atoms with Gasteiger partial charge in [-0.2, -0.15) is 0 Å². The van der Waals surface area contributed by atoms with Crippen molar-refractivity contribution in [2.75, 3.05) is 32.4 Å². The molecule has 0 heterocycles. The fraction of sp³-hybridized carbons (Fsp3) is 0.562. The fourth-order valence-electron chi connectivity index (χ4n) is 1.97. The van der Waals surface area contributed by atoms with Crippen LogP contribution < -0.4 is 10.6 Å². The summed E-state index contributed by atoms with van der Waals surface area (Å²) < 4.78 is 37.6. The summed E-state index contributed by atoms with van der Waals surface area (Å²) in [7, 11) is -1.54. The molecule has 0 fully saturated rings. The molecule has 8 heteroatoms. The van der Waals surface area contributed by atoms with Gasteiger partial charge in [0.15, 0.2) is 5.96 Å². The van der Waals surface area contributed by atoms with Crippen LogP contribution in [0, 0.1) is 5.82 Å². The van der Waals surface area contributed by atoms with E-state index < -0.39 is 10.0 Å². The Balaban J connectivity index is 2.45. The highest BCUT2D eigenvalue weighted by Crippen LogP contribution is 2.04. The molecule has 1 aromatic rings. The topological polar surface area (TPSA) is 73.8 Å². The van der Waals surface area contributed by atoms with Gasteiger partial charge in [0.25, 0.3) is 0 Å². The van der Waals surface area contributed by atoms with Crippen molar-refractivity contribution in [1.29, 1.82) is 0 Å². The standard InChI is InChI=1S/C16H27FN4O2S/c1-4-18-16(20-13-14-7-9-15(17)10-8-14)19-11-6-12-21(3)24(22,23)5-2/h7-10H,4-6,11-13H2,1-3H3,(H2,18,19,20). The summed E-state index contributed by atoms with van der Waals surface area (Å²) in [6.45, 7) is 5.84. The number of sulfonamides is 1. The summed E-state index contributed by atoms with van der Waals surface area (Å²) in [5.41, 5.74) is 0.919. The summed E-state index contributed by atoms with van der Waals surface area (Å²) in [6, 6.07) is 6.23. The summed E-state index contributed by atoms with van der Waals surface area (Å²) in [5.74, 6) is 0.500. The van der Waals surface area contributed by atoms with E-state index >= 15 is 0 Å². The number of hydrogen-bond acceptors (Lipinski definition) is 3. The Morgan fingerprint density at radius 1 is 1.21 bits per heavy atom. The van der Waals surface area contributed by atoms with Crippen LogP contribution >= 0.6 is 0 Å². The Morgan fingerprint density at radius 3 is 2.46 bits per heavy atom. The normalized spacial score (nSPS) is 12.5. The van der Waals surface area contributed by atoms with Crippen molar-refractivity contribution in [2.45, 2.75) is 26.8 Å². The first kappa shape index (κ1) is 20.4. The van der Waals surface area contributed by atoms with Gasteiger partial charge in [-0.3, -0.25) is 0 Å². The van der Waals surface area contributed by atoms with Crippen LogP contribution in [-0.4, -0.2) is 51.1 Å². The Bertz CT molecular complexity index is 617. The molecule has 2 N–H and O–H groups in total. The Labute approximate surface area is 144 Å². The van der Waals surface area contributed by atoms with Crippen molar-refractivity contribution < 1.29 is 12.8 Å². The number of hydrogen-bond donors (Lipinski definition) is 2. The van der Waals surface area contributed by atoms with Crippen LogP contribution in [0.25, 0.3) is 0 Å². The van der Waals surface area contributed by atoms with Gasteiger partial charge in [-0.15, -0.1) is 0 Å². The van der Waals surface area contributed by atoms with Crippen molar-refractivity contribution in [3.05, 3.63) is 35.6 Å². The predicted octanol–water partition coefficient (Wildman–Crippen LogP) is 1.55. The number of halogens is 1. The predicted molar refractivity (Wildman–Crippen MR) is 95.9 cm³/mol. The molecular formula is C16H27FN4O2S. The summed E-state index contributed by atoms with van der Waals surface area (Å²) in [4.78, 5) is 4.44. The maximum atomic E-state index is 12.9. The summed E-state index contributed by atoms with van der Waals surface area (Å²) >= 11 is 0. The van der Waals surface area contributed by atoms with Gasteiger partial charge in [-0.05, 0) is 38.0 Å². The lowest BCUT2D eigenvalue weighted by atomic mass is 10.2. The Morgan fingerprint density at radius 2 is 1.88 bits per heavy atom. The van der Waals surface area contributed by atoms with Crippen LogP contribution in [-0.2, 0) is 16.6 Å². The smallest absolute Gasteiger partial charge is 0.213 e. The second kappa shape index (κ2) is 10.2. The quantitative estimate of drug-likeness (QED) is 0.399. The highest BCUT2D eigenvalue weighted by atomic mass is 32.2. The molecule has 0 amide bonds. The Kier molecular flexibility index (Phi) is 8.70. The minimum Gasteiger partial charge on any atom is -0.357 e. The minimum atomic E-state index is -3.13. The molecule has 0 saturated heterocycles. The molecule has 6 nitrogen and oxygen atoms in total. The molecule has 0 radical (unpaired) electrons. The van der Waals surface area contributed by atoms with E-state index in [1.165, 1.54) is 16.4 Å². The Hall–Kier alpha value is -1.67. The molecule has 0 aliphatic heterocycles. The third kappa shape index (κ3) is 7.27. The second-order valence-corrected chi connectivity index (χ2v) is 7.69. The van der Waals surface area contributed by atoms with E-state index in [0.717, 1.165) is 12.1 Å². The van der Waals surface area contributed by atoms with E-state index in [1.807, 2.05) is 6.92 Å². The van der Waals surface area contributed by atoms with Gasteiger partial charge < -0.3 is 10.6 Å². The van der Waals surface area contributed by atoms with Gasteiger partial charge in [-0.25, -0.2) is 22.1 Å². The number of rotatable bonds is 9. The van der Waals surface area contributed by atoms with Crippen LogP contribution in [0.2, 0.25) is 0 Å². The van der Waals surface area contributed by atoms with Crippen LogP contribution in [0.5, 0.6) is 0 Å². The third-order valence-electron chi connectivity index (χ3n) is 3.46. The average Bonchev–Trinajstić information content (AvgIpc) is 2.57. The zero-order valence-corrected chi connectivity index (χ0v) is 15.4. The number of nitrogens with zero attached hydrogens (tertiary/aromatic N) is 2. The molecule has 0 atom stereocenters. The molecule has 136 valence electrons. The molecule has 0 bridgehead atoms. The zero-order chi connectivity index (χ0) is 18.0. The second-order valence-electron chi connectivity index (χ2n) is 5.32. The van der Waals surface area contributed by atoms with E-state index in [1.54, 1.807) is 26.1 Å². The van der Waals surface area contributed by atoms with E-state index in [0.29, 0.717) is 32.0 Å². The van der Waals surface area contributed by atoms with Crippen LogP contribution in [0.4, 0.5) is 4.39 Å². The molecule has 1 aromatic carbocycles. The fourth-order valence-corrected chi connectivity index (χ4v) is 2.82. The zero-order valence-electron chi connectivity index (χ0n) is 14.5. The van der Waals surface area contributed by atoms with Crippen molar-refractivity contribution in [3.8, 4) is 0 Å². The van der Waals surface area contributed by atoms with Gasteiger partial charge in [0, 0.05) is 26.7 Å². The molecule has 0 saturated carbocycles. The van der Waals surface area contributed by atoms with Gasteiger partial charge in [0.1, 0.15) is 5.82 Å². The van der Waals surface area contributed by atoms with E-state index in [2.05, 4.69) is 15.6 Å². The molecule has 0 aromatic heterocycles. The molecule has 0 spiro atoms. The number of guanidine groups is 1. The van der Waals surface area contributed by atoms with Crippen molar-refractivity contribution in [2.24, 2.45) is 4.99 Å². The first-order chi connectivity index (χ1) is 11.4. The van der Waals surface area contributed by atoms with Crippen LogP contribution in [0.15, 0.2) is 29.3 Å². The SMILES string of the molecule is CCNC(=NCc1ccc(F)cc1)NCCCN(C)S(=O)(=O)CC. The van der Waals surface area contributed by atoms with Gasteiger partial charge in [-0.1, -0.05) is 12.1 Å². The van der Waals surface area contributed by atoms with Gasteiger partial charge >= 0.3 is 0 Å². The molecular weight excluding hydrogens is 331 g/mol. The first-order valence-corrected chi connectivity index (χ1v) is 9.70. The van der Waals surface area contributed by atoms with Gasteiger partial charge in [0.05, 0.1) is 12.3 Å². The van der Waals surface area contributed by atoms with Crippen LogP contribution in [0.3, 0.4) is 0 Å². The largest absolute Gasteiger partial charge is 0.357 e. The monoisotopic (exact) mass is 358 g/mol. The lowest BCUT2D eigenvalue weighted by Crippen LogP contribution is -2.39. The van der Waals surface area contributed by atoms with Crippen LogP contribution in [0.1, 0.15) is 25.8 Å². The molecule has 24 heavy (non-hydrogen) atoms. The van der Waals surface area contributed by atoms with E-state index in [-0.39, 0.29) is 11.6 Å². The maximum absolute atomic E-state index is 12.9. The third-order valence-corrected chi connectivity index (χ3v) is 5.32. The minimum absolute atomic E-state index is 0.110. The molecule has 0 aliphatic carbocycles. The molecule has 0 aliphatic rings. The number of nitrogens with one attached hydrogen (secondary N) is 2. The highest BCUT2D eigenvalue weighted by Gasteiger charge is 2.13. The lowest BCUT2D eigenvalue weighted by molar-refractivity contribution is 0.461. The maximum Gasteiger partial charge on any atom is 0.213 e. The van der Waals surface area contributed by atoms with Crippen molar-refractivity contribution in [1.82, 2.24) is 14.9 Å². The molecule has 0 unspecified atom stereocenters. The van der Waals surface area contributed by atoms with Crippen molar-refractivity contribution in [3.63, 3.8) is 0 Å². The lowest BCUT2D eigenvalue weighted by Gasteiger charge is -2.16. The summed E-state index contributed by atoms with van der Waals surface area (Å²) in [5, 5.41) is 6.30.